The number of rotatable bonds is 5. The fourth-order valence-corrected chi connectivity index (χ4v) is 8.01. The van der Waals surface area contributed by atoms with Crippen molar-refractivity contribution in [2.75, 3.05) is 0 Å². The van der Waals surface area contributed by atoms with E-state index >= 15 is 0 Å². The molecule has 0 aliphatic rings. The Morgan fingerprint density at radius 2 is 1.26 bits per heavy atom. The van der Waals surface area contributed by atoms with Gasteiger partial charge in [-0.1, -0.05) is 93.6 Å². The van der Waals surface area contributed by atoms with E-state index in [4.69, 9.17) is 9.69 Å². The number of hydrogen-bond acceptors (Lipinski definition) is 2. The van der Waals surface area contributed by atoms with Crippen molar-refractivity contribution in [3.8, 4) is 11.8 Å². The van der Waals surface area contributed by atoms with Crippen molar-refractivity contribution in [3.05, 3.63) is 90.5 Å². The van der Waals surface area contributed by atoms with Crippen molar-refractivity contribution < 1.29 is 4.43 Å². The molecule has 0 bridgehead atoms. The van der Waals surface area contributed by atoms with Gasteiger partial charge < -0.3 is 4.43 Å². The second-order valence-corrected chi connectivity index (χ2v) is 12.0. The molecule has 136 valence electrons. The molecular weight excluding hydrogens is 346 g/mol. The minimum absolute atomic E-state index is 0.0684. The van der Waals surface area contributed by atoms with Crippen LogP contribution in [0.25, 0.3) is 0 Å². The highest BCUT2D eigenvalue weighted by Gasteiger charge is 2.52. The smallest absolute Gasteiger partial charge is 0.319 e. The minimum atomic E-state index is -2.59. The zero-order chi connectivity index (χ0) is 19.3. The van der Waals surface area contributed by atoms with Crippen LogP contribution < -0.4 is 14.8 Å². The molecular formula is C24H25NOSi. The van der Waals surface area contributed by atoms with E-state index in [0.29, 0.717) is 6.42 Å². The Morgan fingerprint density at radius 3 is 1.67 bits per heavy atom. The average Bonchev–Trinajstić information content (AvgIpc) is 2.68. The Kier molecular flexibility index (Phi) is 5.48. The Balaban J connectivity index is 2.16. The topological polar surface area (TPSA) is 33.0 Å². The highest BCUT2D eigenvalue weighted by Crippen LogP contribution is 2.37. The van der Waals surface area contributed by atoms with Crippen LogP contribution in [0.15, 0.2) is 84.9 Å². The molecule has 0 saturated carbocycles. The molecule has 2 nitrogen and oxygen atoms in total. The normalized spacial score (nSPS) is 11.6. The number of nitriles is 1. The lowest BCUT2D eigenvalue weighted by atomic mass is 10.2. The molecule has 0 spiro atoms. The molecule has 0 N–H and O–H groups in total. The van der Waals surface area contributed by atoms with Gasteiger partial charge in [-0.2, -0.15) is 5.26 Å². The van der Waals surface area contributed by atoms with Gasteiger partial charge in [-0.3, -0.25) is 0 Å². The van der Waals surface area contributed by atoms with Crippen LogP contribution in [0.5, 0.6) is 5.75 Å². The van der Waals surface area contributed by atoms with E-state index < -0.39 is 8.32 Å². The van der Waals surface area contributed by atoms with Gasteiger partial charge in [0.2, 0.25) is 0 Å². The summed E-state index contributed by atoms with van der Waals surface area (Å²) < 4.78 is 6.93. The van der Waals surface area contributed by atoms with Crippen LogP contribution in [0.1, 0.15) is 26.3 Å². The van der Waals surface area contributed by atoms with E-state index in [9.17, 15) is 0 Å². The standard InChI is InChI=1S/C24H25NOSi/c1-24(2,3)27(22-10-6-4-7-11-22,23-12-8-5-9-13-23)26-21-16-14-20(15-17-21)18-19-25/h4-17H,18H2,1-3H3. The molecule has 0 radical (unpaired) electrons. The van der Waals surface area contributed by atoms with Crippen LogP contribution >= 0.6 is 0 Å². The van der Waals surface area contributed by atoms with Gasteiger partial charge in [0.15, 0.2) is 0 Å². The summed E-state index contributed by atoms with van der Waals surface area (Å²) in [5, 5.41) is 11.3. The van der Waals surface area contributed by atoms with Crippen LogP contribution in [0.4, 0.5) is 0 Å². The molecule has 0 aliphatic heterocycles. The van der Waals surface area contributed by atoms with E-state index in [2.05, 4.69) is 75.4 Å². The first kappa shape index (κ1) is 18.9. The molecule has 0 saturated heterocycles. The fourth-order valence-electron chi connectivity index (χ4n) is 3.59. The summed E-state index contributed by atoms with van der Waals surface area (Å²) in [7, 11) is -2.59. The van der Waals surface area contributed by atoms with Crippen LogP contribution in [0, 0.1) is 11.3 Å². The van der Waals surface area contributed by atoms with E-state index in [1.54, 1.807) is 0 Å². The van der Waals surface area contributed by atoms with Crippen LogP contribution in [0.2, 0.25) is 5.04 Å². The lowest BCUT2D eigenvalue weighted by Gasteiger charge is -2.43. The predicted molar refractivity (Wildman–Crippen MR) is 114 cm³/mol. The third-order valence-corrected chi connectivity index (χ3v) is 9.84. The van der Waals surface area contributed by atoms with Gasteiger partial charge in [0.1, 0.15) is 5.75 Å². The van der Waals surface area contributed by atoms with Crippen molar-refractivity contribution in [1.82, 2.24) is 0 Å². The van der Waals surface area contributed by atoms with Gasteiger partial charge in [-0.15, -0.1) is 0 Å². The summed E-state index contributed by atoms with van der Waals surface area (Å²) in [4.78, 5) is 0. The highest BCUT2D eigenvalue weighted by atomic mass is 28.4. The molecule has 0 aliphatic carbocycles. The average molecular weight is 372 g/mol. The maximum Gasteiger partial charge on any atom is 0.319 e. The number of hydrogen-bond donors (Lipinski definition) is 0. The maximum atomic E-state index is 8.91. The Morgan fingerprint density at radius 1 is 0.778 bits per heavy atom. The van der Waals surface area contributed by atoms with Gasteiger partial charge >= 0.3 is 8.32 Å². The first-order valence-corrected chi connectivity index (χ1v) is 11.1. The summed E-state index contributed by atoms with van der Waals surface area (Å²) >= 11 is 0. The van der Waals surface area contributed by atoms with Gasteiger partial charge in [-0.25, -0.2) is 0 Å². The molecule has 0 amide bonds. The minimum Gasteiger partial charge on any atom is -0.534 e. The van der Waals surface area contributed by atoms with Crippen LogP contribution in [-0.4, -0.2) is 8.32 Å². The fraction of sp³-hybridized carbons (Fsp3) is 0.208. The second-order valence-electron chi connectivity index (χ2n) is 7.74. The molecule has 3 aromatic rings. The van der Waals surface area contributed by atoms with E-state index in [-0.39, 0.29) is 5.04 Å². The van der Waals surface area contributed by atoms with Crippen molar-refractivity contribution in [2.45, 2.75) is 32.2 Å². The first-order valence-electron chi connectivity index (χ1n) is 9.23. The zero-order valence-electron chi connectivity index (χ0n) is 16.1. The lowest BCUT2D eigenvalue weighted by Crippen LogP contribution is -2.68. The van der Waals surface area contributed by atoms with E-state index in [0.717, 1.165) is 11.3 Å². The summed E-state index contributed by atoms with van der Waals surface area (Å²) in [6.07, 6.45) is 0.416. The first-order chi connectivity index (χ1) is 13.0. The van der Waals surface area contributed by atoms with Gasteiger partial charge in [-0.05, 0) is 33.1 Å². The van der Waals surface area contributed by atoms with Gasteiger partial charge in [0.05, 0.1) is 12.5 Å². The van der Waals surface area contributed by atoms with Crippen molar-refractivity contribution in [1.29, 1.82) is 5.26 Å². The number of nitrogens with zero attached hydrogens (tertiary/aromatic N) is 1. The largest absolute Gasteiger partial charge is 0.534 e. The van der Waals surface area contributed by atoms with Crippen LogP contribution in [0.3, 0.4) is 0 Å². The SMILES string of the molecule is CC(C)(C)[Si](Oc1ccc(CC#N)cc1)(c1ccccc1)c1ccccc1. The Labute approximate surface area is 163 Å². The zero-order valence-corrected chi connectivity index (χ0v) is 17.1. The third kappa shape index (κ3) is 3.81. The monoisotopic (exact) mass is 371 g/mol. The van der Waals surface area contributed by atoms with Crippen molar-refractivity contribution in [2.24, 2.45) is 0 Å². The van der Waals surface area contributed by atoms with E-state index in [1.165, 1.54) is 10.4 Å². The molecule has 3 heteroatoms. The van der Waals surface area contributed by atoms with E-state index in [1.807, 2.05) is 36.4 Å². The predicted octanol–water partition coefficient (Wildman–Crippen LogP) is 4.69. The highest BCUT2D eigenvalue weighted by molar-refractivity contribution is 7.00. The summed E-state index contributed by atoms with van der Waals surface area (Å²) in [5.41, 5.74) is 1.01. The summed E-state index contributed by atoms with van der Waals surface area (Å²) in [5.74, 6) is 0.853. The molecule has 27 heavy (non-hydrogen) atoms. The molecule has 3 aromatic carbocycles. The summed E-state index contributed by atoms with van der Waals surface area (Å²) in [6, 6.07) is 31.4. The lowest BCUT2D eigenvalue weighted by molar-refractivity contribution is 0.508. The Bertz CT molecular complexity index is 867. The second kappa shape index (κ2) is 7.81. The number of benzene rings is 3. The van der Waals surface area contributed by atoms with Gasteiger partial charge in [0.25, 0.3) is 0 Å². The molecule has 0 aromatic heterocycles. The van der Waals surface area contributed by atoms with Crippen molar-refractivity contribution in [3.63, 3.8) is 0 Å². The van der Waals surface area contributed by atoms with Crippen LogP contribution in [-0.2, 0) is 6.42 Å². The quantitative estimate of drug-likeness (QED) is 0.610. The molecule has 0 atom stereocenters. The third-order valence-electron chi connectivity index (χ3n) is 4.89. The summed E-state index contributed by atoms with van der Waals surface area (Å²) in [6.45, 7) is 6.80. The maximum absolute atomic E-state index is 8.91. The molecule has 0 heterocycles. The van der Waals surface area contributed by atoms with Gasteiger partial charge in [0, 0.05) is 0 Å². The van der Waals surface area contributed by atoms with Crippen molar-refractivity contribution >= 4 is 18.7 Å². The Hall–Kier alpha value is -2.83. The molecule has 3 rings (SSSR count). The molecule has 0 unspecified atom stereocenters. The molecule has 0 fully saturated rings.